The number of benzene rings is 1. The van der Waals surface area contributed by atoms with Gasteiger partial charge >= 0.3 is 10.3 Å². The van der Waals surface area contributed by atoms with E-state index in [1.807, 2.05) is 0 Å². The molecular formula is C13H16ClNO5S. The average molecular weight is 334 g/mol. The third kappa shape index (κ3) is 3.32. The molecule has 0 bridgehead atoms. The minimum Gasteiger partial charge on any atom is -0.462 e. The molecule has 2 aliphatic rings. The quantitative estimate of drug-likeness (QED) is 0.830. The lowest BCUT2D eigenvalue weighted by Gasteiger charge is -2.40. The SMILES string of the molecule is O=S(=O)(O)NCC1OC2(CCCC2)Oc2ccc(Cl)cc21. The minimum absolute atomic E-state index is 0.0721. The Kier molecular flexibility index (Phi) is 3.87. The van der Waals surface area contributed by atoms with Crippen LogP contribution in [-0.4, -0.2) is 25.3 Å². The third-order valence-electron chi connectivity index (χ3n) is 3.79. The maximum absolute atomic E-state index is 10.9. The number of fused-ring (bicyclic) bond motifs is 1. The molecule has 1 fully saturated rings. The van der Waals surface area contributed by atoms with E-state index in [1.165, 1.54) is 0 Å². The highest BCUT2D eigenvalue weighted by atomic mass is 35.5. The Morgan fingerprint density at radius 3 is 2.76 bits per heavy atom. The van der Waals surface area contributed by atoms with E-state index in [9.17, 15) is 8.42 Å². The van der Waals surface area contributed by atoms with Gasteiger partial charge < -0.3 is 9.47 Å². The van der Waals surface area contributed by atoms with Crippen LogP contribution in [0.3, 0.4) is 0 Å². The molecule has 6 nitrogen and oxygen atoms in total. The summed E-state index contributed by atoms with van der Waals surface area (Å²) in [6.45, 7) is -0.0721. The molecule has 1 aromatic carbocycles. The molecule has 1 heterocycles. The monoisotopic (exact) mass is 333 g/mol. The zero-order chi connectivity index (χ0) is 15.1. The molecule has 1 aliphatic heterocycles. The Balaban J connectivity index is 1.91. The fourth-order valence-corrected chi connectivity index (χ4v) is 3.42. The summed E-state index contributed by atoms with van der Waals surface area (Å²) in [7, 11) is -4.28. The van der Waals surface area contributed by atoms with E-state index in [-0.39, 0.29) is 6.54 Å². The van der Waals surface area contributed by atoms with Crippen molar-refractivity contribution in [1.82, 2.24) is 4.72 Å². The number of nitrogens with one attached hydrogen (secondary N) is 1. The number of rotatable bonds is 3. The molecule has 1 unspecified atom stereocenters. The van der Waals surface area contributed by atoms with Crippen molar-refractivity contribution in [3.63, 3.8) is 0 Å². The van der Waals surface area contributed by atoms with Gasteiger partial charge in [-0.3, -0.25) is 4.55 Å². The highest BCUT2D eigenvalue weighted by Gasteiger charge is 2.44. The molecule has 0 aromatic heterocycles. The molecule has 0 amide bonds. The second-order valence-corrected chi connectivity index (χ2v) is 7.01. The van der Waals surface area contributed by atoms with Crippen LogP contribution in [0.4, 0.5) is 0 Å². The van der Waals surface area contributed by atoms with Crippen LogP contribution < -0.4 is 9.46 Å². The first kappa shape index (κ1) is 15.1. The average Bonchev–Trinajstić information content (AvgIpc) is 2.84. The van der Waals surface area contributed by atoms with Crippen LogP contribution in [0.25, 0.3) is 0 Å². The summed E-state index contributed by atoms with van der Waals surface area (Å²) in [4.78, 5) is 0. The first-order valence-electron chi connectivity index (χ1n) is 6.75. The van der Waals surface area contributed by atoms with Gasteiger partial charge in [-0.1, -0.05) is 11.6 Å². The van der Waals surface area contributed by atoms with E-state index in [2.05, 4.69) is 4.72 Å². The van der Waals surface area contributed by atoms with Crippen molar-refractivity contribution >= 4 is 21.9 Å². The minimum atomic E-state index is -4.28. The van der Waals surface area contributed by atoms with Gasteiger partial charge in [0.05, 0.1) is 0 Å². The summed E-state index contributed by atoms with van der Waals surface area (Å²) in [5.41, 5.74) is 0.677. The summed E-state index contributed by atoms with van der Waals surface area (Å²) in [5, 5.41) is 0.514. The molecule has 2 N–H and O–H groups in total. The smallest absolute Gasteiger partial charge is 0.333 e. The number of halogens is 1. The van der Waals surface area contributed by atoms with Crippen molar-refractivity contribution in [2.24, 2.45) is 0 Å². The number of hydrogen-bond acceptors (Lipinski definition) is 4. The second kappa shape index (κ2) is 5.40. The van der Waals surface area contributed by atoms with Crippen LogP contribution in [0.15, 0.2) is 18.2 Å². The first-order chi connectivity index (χ1) is 9.87. The van der Waals surface area contributed by atoms with Gasteiger partial charge in [-0.15, -0.1) is 0 Å². The van der Waals surface area contributed by atoms with E-state index in [0.29, 0.717) is 16.3 Å². The third-order valence-corrected chi connectivity index (χ3v) is 4.55. The standard InChI is InChI=1S/C13H16ClNO5S/c14-9-3-4-11-10(7-9)12(8-15-21(16,17)18)20-13(19-11)5-1-2-6-13/h3-4,7,12,15H,1-2,5-6,8H2,(H,16,17,18). The van der Waals surface area contributed by atoms with Gasteiger partial charge in [0.1, 0.15) is 11.9 Å². The van der Waals surface area contributed by atoms with Gasteiger partial charge in [-0.05, 0) is 31.0 Å². The zero-order valence-corrected chi connectivity index (χ0v) is 12.8. The van der Waals surface area contributed by atoms with Crippen molar-refractivity contribution in [1.29, 1.82) is 0 Å². The molecule has 21 heavy (non-hydrogen) atoms. The lowest BCUT2D eigenvalue weighted by Crippen LogP contribution is -2.44. The summed E-state index contributed by atoms with van der Waals surface area (Å²) < 4.78 is 44.7. The van der Waals surface area contributed by atoms with Crippen LogP contribution in [0.1, 0.15) is 37.4 Å². The lowest BCUT2D eigenvalue weighted by molar-refractivity contribution is -0.223. The fraction of sp³-hybridized carbons (Fsp3) is 0.538. The summed E-state index contributed by atoms with van der Waals surface area (Å²) >= 11 is 5.98. The first-order valence-corrected chi connectivity index (χ1v) is 8.57. The second-order valence-electron chi connectivity index (χ2n) is 5.33. The van der Waals surface area contributed by atoms with Crippen molar-refractivity contribution in [3.8, 4) is 5.75 Å². The van der Waals surface area contributed by atoms with E-state index in [1.54, 1.807) is 18.2 Å². The Bertz CT molecular complexity index is 642. The van der Waals surface area contributed by atoms with Gasteiger partial charge in [0.25, 0.3) is 0 Å². The predicted molar refractivity (Wildman–Crippen MR) is 76.7 cm³/mol. The number of ether oxygens (including phenoxy) is 2. The van der Waals surface area contributed by atoms with Crippen LogP contribution in [0.5, 0.6) is 5.75 Å². The molecule has 1 atom stereocenters. The Hall–Kier alpha value is -0.860. The Labute approximate surface area is 128 Å². The van der Waals surface area contributed by atoms with Gasteiger partial charge in [-0.2, -0.15) is 13.1 Å². The van der Waals surface area contributed by atoms with E-state index in [4.69, 9.17) is 25.6 Å². The Morgan fingerprint density at radius 2 is 2.10 bits per heavy atom. The van der Waals surface area contributed by atoms with Crippen LogP contribution in [0.2, 0.25) is 5.02 Å². The van der Waals surface area contributed by atoms with Gasteiger partial charge in [0, 0.05) is 30.0 Å². The van der Waals surface area contributed by atoms with Crippen molar-refractivity contribution < 1.29 is 22.4 Å². The fourth-order valence-electron chi connectivity index (χ4n) is 2.88. The van der Waals surface area contributed by atoms with Crippen molar-refractivity contribution in [2.45, 2.75) is 37.6 Å². The largest absolute Gasteiger partial charge is 0.462 e. The molecule has 1 spiro atoms. The maximum atomic E-state index is 10.9. The molecule has 1 aliphatic carbocycles. The topological polar surface area (TPSA) is 84.9 Å². The zero-order valence-electron chi connectivity index (χ0n) is 11.2. The van der Waals surface area contributed by atoms with Crippen LogP contribution in [0, 0.1) is 0 Å². The predicted octanol–water partition coefficient (Wildman–Crippen LogP) is 2.45. The van der Waals surface area contributed by atoms with Crippen molar-refractivity contribution in [2.75, 3.05) is 6.54 Å². The van der Waals surface area contributed by atoms with Crippen LogP contribution >= 0.6 is 11.6 Å². The molecule has 8 heteroatoms. The molecule has 116 valence electrons. The number of hydrogen-bond donors (Lipinski definition) is 2. The lowest BCUT2D eigenvalue weighted by atomic mass is 10.0. The van der Waals surface area contributed by atoms with E-state index < -0.39 is 22.2 Å². The summed E-state index contributed by atoms with van der Waals surface area (Å²) in [5.74, 6) is -0.0541. The molecule has 1 saturated carbocycles. The molecule has 1 aromatic rings. The summed E-state index contributed by atoms with van der Waals surface area (Å²) in [6.07, 6.45) is 2.98. The molecule has 0 saturated heterocycles. The van der Waals surface area contributed by atoms with Gasteiger partial charge in [0.2, 0.25) is 5.79 Å². The Morgan fingerprint density at radius 1 is 1.38 bits per heavy atom. The van der Waals surface area contributed by atoms with Gasteiger partial charge in [0.15, 0.2) is 0 Å². The van der Waals surface area contributed by atoms with E-state index >= 15 is 0 Å². The summed E-state index contributed by atoms with van der Waals surface area (Å²) in [6, 6.07) is 5.18. The van der Waals surface area contributed by atoms with Crippen LogP contribution in [-0.2, 0) is 15.0 Å². The maximum Gasteiger partial charge on any atom is 0.333 e. The van der Waals surface area contributed by atoms with Gasteiger partial charge in [-0.25, -0.2) is 0 Å². The highest BCUT2D eigenvalue weighted by Crippen LogP contribution is 2.46. The van der Waals surface area contributed by atoms with E-state index in [0.717, 1.165) is 25.7 Å². The molecule has 0 radical (unpaired) electrons. The van der Waals surface area contributed by atoms with Crippen molar-refractivity contribution in [3.05, 3.63) is 28.8 Å². The molecule has 3 rings (SSSR count). The normalized spacial score (nSPS) is 23.8. The highest BCUT2D eigenvalue weighted by molar-refractivity contribution is 7.83. The molecular weight excluding hydrogens is 318 g/mol.